The summed E-state index contributed by atoms with van der Waals surface area (Å²) in [6, 6.07) is 0. The molecular weight excluding hydrogens is 298 g/mol. The molecule has 0 saturated heterocycles. The topological polar surface area (TPSA) is 98.0 Å². The Labute approximate surface area is 125 Å². The fourth-order valence-electron chi connectivity index (χ4n) is 1.94. The van der Waals surface area contributed by atoms with Crippen LogP contribution in [0.4, 0.5) is 0 Å². The van der Waals surface area contributed by atoms with Gasteiger partial charge in [-0.15, -0.1) is 0 Å². The van der Waals surface area contributed by atoms with Crippen molar-refractivity contribution in [1.82, 2.24) is 4.72 Å². The number of aryl methyl sites for hydroxylation is 2. The minimum absolute atomic E-state index is 0.0304. The van der Waals surface area contributed by atoms with Crippen molar-refractivity contribution in [1.29, 1.82) is 0 Å². The van der Waals surface area contributed by atoms with E-state index in [-0.39, 0.29) is 23.8 Å². The second-order valence-corrected chi connectivity index (χ2v) is 6.24. The molecule has 122 valence electrons. The molecule has 0 aromatic carbocycles. The van der Waals surface area contributed by atoms with Gasteiger partial charge >= 0.3 is 0 Å². The molecule has 8 heteroatoms. The number of nitrogens with one attached hydrogen (secondary N) is 1. The Kier molecular flexibility index (Phi) is 7.33. The molecule has 0 amide bonds. The lowest BCUT2D eigenvalue weighted by Crippen LogP contribution is -2.26. The SMILES string of the molecule is COCCOCCCNS(=O)(=O)c1c(C)oc(C)c1CO. The summed E-state index contributed by atoms with van der Waals surface area (Å²) >= 11 is 0. The van der Waals surface area contributed by atoms with Crippen LogP contribution in [0.25, 0.3) is 0 Å². The van der Waals surface area contributed by atoms with Crippen molar-refractivity contribution in [3.05, 3.63) is 17.1 Å². The molecule has 0 saturated carbocycles. The lowest BCUT2D eigenvalue weighted by atomic mass is 10.2. The van der Waals surface area contributed by atoms with Crippen LogP contribution in [-0.2, 0) is 26.1 Å². The van der Waals surface area contributed by atoms with Gasteiger partial charge in [0.05, 0.1) is 19.8 Å². The summed E-state index contributed by atoms with van der Waals surface area (Å²) in [4.78, 5) is 0.0304. The average Bonchev–Trinajstić information content (AvgIpc) is 2.72. The fraction of sp³-hybridized carbons (Fsp3) is 0.692. The predicted octanol–water partition coefficient (Wildman–Crippen LogP) is 0.720. The standard InChI is InChI=1S/C13H23NO6S/c1-10-12(9-15)13(11(2)20-10)21(16,17)14-5-4-6-19-8-7-18-3/h14-15H,4-9H2,1-3H3. The van der Waals surface area contributed by atoms with Crippen molar-refractivity contribution in [2.45, 2.75) is 31.8 Å². The lowest BCUT2D eigenvalue weighted by Gasteiger charge is -2.08. The Hall–Kier alpha value is -0.930. The molecule has 0 spiro atoms. The molecule has 1 aromatic rings. The van der Waals surface area contributed by atoms with E-state index in [4.69, 9.17) is 13.9 Å². The summed E-state index contributed by atoms with van der Waals surface area (Å²) in [5.74, 6) is 0.693. The number of methoxy groups -OCH3 is 1. The summed E-state index contributed by atoms with van der Waals surface area (Å²) in [6.45, 7) is 4.51. The molecule has 0 aliphatic carbocycles. The number of aliphatic hydroxyl groups excluding tert-OH is 1. The predicted molar refractivity (Wildman–Crippen MR) is 76.6 cm³/mol. The zero-order chi connectivity index (χ0) is 15.9. The number of hydrogen-bond acceptors (Lipinski definition) is 6. The van der Waals surface area contributed by atoms with Gasteiger partial charge in [0.1, 0.15) is 16.4 Å². The van der Waals surface area contributed by atoms with Gasteiger partial charge in [0.15, 0.2) is 0 Å². The van der Waals surface area contributed by atoms with Gasteiger partial charge in [-0.3, -0.25) is 0 Å². The van der Waals surface area contributed by atoms with E-state index < -0.39 is 10.0 Å². The molecule has 1 heterocycles. The molecule has 21 heavy (non-hydrogen) atoms. The van der Waals surface area contributed by atoms with Crippen LogP contribution in [-0.4, -0.2) is 47.0 Å². The average molecular weight is 321 g/mol. The largest absolute Gasteiger partial charge is 0.465 e. The minimum atomic E-state index is -3.69. The normalized spacial score (nSPS) is 12.0. The second kappa shape index (κ2) is 8.50. The number of rotatable bonds is 10. The zero-order valence-corrected chi connectivity index (χ0v) is 13.5. The first-order valence-electron chi connectivity index (χ1n) is 6.70. The van der Waals surface area contributed by atoms with Gasteiger partial charge in [0.25, 0.3) is 0 Å². The molecule has 7 nitrogen and oxygen atoms in total. The van der Waals surface area contributed by atoms with E-state index in [0.717, 1.165) is 0 Å². The third-order valence-electron chi connectivity index (χ3n) is 2.94. The van der Waals surface area contributed by atoms with Crippen molar-refractivity contribution in [3.63, 3.8) is 0 Å². The Morgan fingerprint density at radius 3 is 2.52 bits per heavy atom. The van der Waals surface area contributed by atoms with Crippen LogP contribution in [0.15, 0.2) is 9.31 Å². The molecule has 2 N–H and O–H groups in total. The molecule has 0 aliphatic heterocycles. The Balaban J connectivity index is 2.55. The van der Waals surface area contributed by atoms with Crippen molar-refractivity contribution in [3.8, 4) is 0 Å². The van der Waals surface area contributed by atoms with Gasteiger partial charge in [-0.2, -0.15) is 0 Å². The maximum absolute atomic E-state index is 12.2. The fourth-order valence-corrected chi connectivity index (χ4v) is 3.45. The second-order valence-electron chi connectivity index (χ2n) is 4.54. The maximum Gasteiger partial charge on any atom is 0.244 e. The summed E-state index contributed by atoms with van der Waals surface area (Å²) < 4.78 is 42.3. The smallest absolute Gasteiger partial charge is 0.244 e. The van der Waals surface area contributed by atoms with Crippen LogP contribution in [0.1, 0.15) is 23.5 Å². The first-order valence-corrected chi connectivity index (χ1v) is 8.18. The van der Waals surface area contributed by atoms with Gasteiger partial charge in [0, 0.05) is 25.8 Å². The number of furan rings is 1. The van der Waals surface area contributed by atoms with Crippen LogP contribution in [0, 0.1) is 13.8 Å². The number of aliphatic hydroxyl groups is 1. The van der Waals surface area contributed by atoms with Crippen LogP contribution < -0.4 is 4.72 Å². The van der Waals surface area contributed by atoms with E-state index in [1.54, 1.807) is 21.0 Å². The molecule has 0 radical (unpaired) electrons. The van der Waals surface area contributed by atoms with E-state index in [1.807, 2.05) is 0 Å². The van der Waals surface area contributed by atoms with Gasteiger partial charge in [-0.25, -0.2) is 13.1 Å². The highest BCUT2D eigenvalue weighted by Gasteiger charge is 2.25. The van der Waals surface area contributed by atoms with Gasteiger partial charge in [-0.05, 0) is 20.3 Å². The van der Waals surface area contributed by atoms with E-state index in [9.17, 15) is 13.5 Å². The van der Waals surface area contributed by atoms with Crippen molar-refractivity contribution in [2.75, 3.05) is 33.5 Å². The summed E-state index contributed by atoms with van der Waals surface area (Å²) in [5, 5.41) is 9.28. The highest BCUT2D eigenvalue weighted by Crippen LogP contribution is 2.26. The summed E-state index contributed by atoms with van der Waals surface area (Å²) in [5.41, 5.74) is 0.302. The molecule has 0 unspecified atom stereocenters. The van der Waals surface area contributed by atoms with E-state index in [1.165, 1.54) is 0 Å². The quantitative estimate of drug-likeness (QED) is 0.616. The number of hydrogen-bond donors (Lipinski definition) is 2. The first kappa shape index (κ1) is 18.1. The Bertz CT molecular complexity index is 537. The molecule has 1 aromatic heterocycles. The lowest BCUT2D eigenvalue weighted by molar-refractivity contribution is 0.0699. The highest BCUT2D eigenvalue weighted by molar-refractivity contribution is 7.89. The van der Waals surface area contributed by atoms with E-state index in [0.29, 0.717) is 37.6 Å². The monoisotopic (exact) mass is 321 g/mol. The third kappa shape index (κ3) is 5.08. The van der Waals surface area contributed by atoms with Crippen LogP contribution >= 0.6 is 0 Å². The van der Waals surface area contributed by atoms with Crippen LogP contribution in [0.3, 0.4) is 0 Å². The number of ether oxygens (including phenoxy) is 2. The number of sulfonamides is 1. The van der Waals surface area contributed by atoms with Gasteiger partial charge in [-0.1, -0.05) is 0 Å². The summed E-state index contributed by atoms with van der Waals surface area (Å²) in [6.07, 6.45) is 0.549. The molecule has 0 atom stereocenters. The Morgan fingerprint density at radius 2 is 1.90 bits per heavy atom. The highest BCUT2D eigenvalue weighted by atomic mass is 32.2. The van der Waals surface area contributed by atoms with Crippen molar-refractivity contribution < 1.29 is 27.4 Å². The maximum atomic E-state index is 12.2. The third-order valence-corrected chi connectivity index (χ3v) is 4.60. The minimum Gasteiger partial charge on any atom is -0.465 e. The zero-order valence-electron chi connectivity index (χ0n) is 12.6. The molecular formula is C13H23NO6S. The van der Waals surface area contributed by atoms with Gasteiger partial charge < -0.3 is 19.0 Å². The van der Waals surface area contributed by atoms with Crippen molar-refractivity contribution in [2.24, 2.45) is 0 Å². The Morgan fingerprint density at radius 1 is 1.19 bits per heavy atom. The molecule has 0 aliphatic rings. The van der Waals surface area contributed by atoms with Crippen LogP contribution in [0.2, 0.25) is 0 Å². The molecule has 0 bridgehead atoms. The summed E-state index contributed by atoms with van der Waals surface area (Å²) in [7, 11) is -2.11. The molecule has 0 fully saturated rings. The van der Waals surface area contributed by atoms with Crippen molar-refractivity contribution >= 4 is 10.0 Å². The molecule has 1 rings (SSSR count). The van der Waals surface area contributed by atoms with Crippen LogP contribution in [0.5, 0.6) is 0 Å². The van der Waals surface area contributed by atoms with E-state index in [2.05, 4.69) is 4.72 Å². The van der Waals surface area contributed by atoms with E-state index >= 15 is 0 Å². The first-order chi connectivity index (χ1) is 9.94. The van der Waals surface area contributed by atoms with Gasteiger partial charge in [0.2, 0.25) is 10.0 Å².